The molecule has 0 N–H and O–H groups in total. The molecule has 0 amide bonds. The SMILES string of the molecule is CON(C)C(C)c1cc(-c2c(C)noc2C)cc2c1nc(C1CC1)n2C(=O)OC(C)(C)C. The molecule has 1 aliphatic rings. The molecule has 0 radical (unpaired) electrons. The number of aryl methyl sites for hydroxylation is 2. The van der Waals surface area contributed by atoms with Crippen LogP contribution in [0.1, 0.15) is 75.3 Å². The first-order valence-electron chi connectivity index (χ1n) is 11.0. The lowest BCUT2D eigenvalue weighted by atomic mass is 9.97. The normalized spacial score (nSPS) is 15.5. The highest BCUT2D eigenvalue weighted by Crippen LogP contribution is 2.43. The van der Waals surface area contributed by atoms with Crippen LogP contribution in [0.15, 0.2) is 16.7 Å². The Bertz CT molecular complexity index is 1150. The lowest BCUT2D eigenvalue weighted by Gasteiger charge is -2.23. The summed E-state index contributed by atoms with van der Waals surface area (Å²) in [6.45, 7) is 11.5. The second-order valence-corrected chi connectivity index (χ2v) is 9.60. The molecule has 1 atom stereocenters. The Morgan fingerprint density at radius 3 is 2.50 bits per heavy atom. The molecule has 32 heavy (non-hydrogen) atoms. The zero-order chi connectivity index (χ0) is 23.4. The number of benzene rings is 1. The third kappa shape index (κ3) is 4.04. The Labute approximate surface area is 188 Å². The number of ether oxygens (including phenoxy) is 1. The number of carbonyl (C=O) groups excluding carboxylic acids is 1. The van der Waals surface area contributed by atoms with Crippen molar-refractivity contribution in [1.82, 2.24) is 19.8 Å². The van der Waals surface area contributed by atoms with Gasteiger partial charge < -0.3 is 14.1 Å². The Kier molecular flexibility index (Phi) is 5.63. The number of aromatic nitrogens is 3. The molecule has 1 fully saturated rings. The van der Waals surface area contributed by atoms with E-state index in [1.54, 1.807) is 16.7 Å². The monoisotopic (exact) mass is 440 g/mol. The van der Waals surface area contributed by atoms with Gasteiger partial charge in [-0.15, -0.1) is 0 Å². The fourth-order valence-corrected chi connectivity index (χ4v) is 4.05. The van der Waals surface area contributed by atoms with Crippen LogP contribution in [0.4, 0.5) is 4.79 Å². The summed E-state index contributed by atoms with van der Waals surface area (Å²) in [6.07, 6.45) is 1.63. The number of hydrogen-bond donors (Lipinski definition) is 0. The van der Waals surface area contributed by atoms with Crippen LogP contribution in [-0.4, -0.2) is 45.6 Å². The van der Waals surface area contributed by atoms with Gasteiger partial charge in [0.05, 0.1) is 29.9 Å². The summed E-state index contributed by atoms with van der Waals surface area (Å²) in [5, 5.41) is 5.90. The first-order chi connectivity index (χ1) is 15.0. The van der Waals surface area contributed by atoms with Crippen molar-refractivity contribution in [2.45, 2.75) is 71.9 Å². The van der Waals surface area contributed by atoms with E-state index in [9.17, 15) is 4.79 Å². The van der Waals surface area contributed by atoms with E-state index in [1.165, 1.54) is 0 Å². The van der Waals surface area contributed by atoms with E-state index in [4.69, 9.17) is 19.1 Å². The van der Waals surface area contributed by atoms with Gasteiger partial charge in [-0.1, -0.05) is 5.16 Å². The van der Waals surface area contributed by atoms with Gasteiger partial charge in [0.15, 0.2) is 0 Å². The maximum atomic E-state index is 13.3. The Balaban J connectivity index is 2.01. The van der Waals surface area contributed by atoms with Crippen LogP contribution in [-0.2, 0) is 9.57 Å². The first-order valence-corrected chi connectivity index (χ1v) is 11.0. The maximum absolute atomic E-state index is 13.3. The van der Waals surface area contributed by atoms with Crippen LogP contribution < -0.4 is 0 Å². The maximum Gasteiger partial charge on any atom is 0.420 e. The molecule has 0 bridgehead atoms. The van der Waals surface area contributed by atoms with Gasteiger partial charge in [0.1, 0.15) is 17.2 Å². The van der Waals surface area contributed by atoms with E-state index >= 15 is 0 Å². The molecule has 1 aliphatic carbocycles. The molecule has 0 aliphatic heterocycles. The molecule has 1 saturated carbocycles. The van der Waals surface area contributed by atoms with Crippen LogP contribution in [0.25, 0.3) is 22.2 Å². The second kappa shape index (κ2) is 8.01. The molecule has 8 nitrogen and oxygen atoms in total. The lowest BCUT2D eigenvalue weighted by molar-refractivity contribution is -0.137. The third-order valence-corrected chi connectivity index (χ3v) is 5.94. The van der Waals surface area contributed by atoms with Crippen molar-refractivity contribution >= 4 is 17.1 Å². The Morgan fingerprint density at radius 1 is 1.28 bits per heavy atom. The molecule has 2 aromatic heterocycles. The van der Waals surface area contributed by atoms with Crippen molar-refractivity contribution in [2.24, 2.45) is 0 Å². The Morgan fingerprint density at radius 2 is 1.97 bits per heavy atom. The fraction of sp³-hybridized carbons (Fsp3) is 0.542. The quantitative estimate of drug-likeness (QED) is 0.483. The van der Waals surface area contributed by atoms with Crippen LogP contribution in [0.5, 0.6) is 0 Å². The zero-order valence-electron chi connectivity index (χ0n) is 20.1. The van der Waals surface area contributed by atoms with Gasteiger partial charge in [0.2, 0.25) is 0 Å². The standard InChI is InChI=1S/C24H32N4O4/c1-13-20(15(3)32-26-13)17-11-18(14(2)27(7)30-8)21-19(12-17)28(22(25-21)16-9-10-16)23(29)31-24(4,5)6/h11-12,14,16H,9-10H2,1-8H3. The van der Waals surface area contributed by atoms with E-state index < -0.39 is 11.7 Å². The number of imidazole rings is 1. The van der Waals surface area contributed by atoms with Crippen molar-refractivity contribution in [3.8, 4) is 11.1 Å². The minimum atomic E-state index is -0.611. The number of carbonyl (C=O) groups is 1. The number of rotatable bonds is 5. The predicted molar refractivity (Wildman–Crippen MR) is 121 cm³/mol. The molecule has 0 spiro atoms. The van der Waals surface area contributed by atoms with Gasteiger partial charge >= 0.3 is 6.09 Å². The van der Waals surface area contributed by atoms with E-state index in [1.807, 2.05) is 47.7 Å². The topological polar surface area (TPSA) is 82.6 Å². The average Bonchev–Trinajstić information content (AvgIpc) is 3.41. The number of fused-ring (bicyclic) bond motifs is 1. The van der Waals surface area contributed by atoms with Gasteiger partial charge in [-0.2, -0.15) is 5.06 Å². The Hall–Kier alpha value is -2.71. The van der Waals surface area contributed by atoms with Crippen molar-refractivity contribution in [3.05, 3.63) is 35.0 Å². The van der Waals surface area contributed by atoms with E-state index in [-0.39, 0.29) is 12.0 Å². The van der Waals surface area contributed by atoms with Crippen molar-refractivity contribution < 1.29 is 18.9 Å². The average molecular weight is 441 g/mol. The van der Waals surface area contributed by atoms with Crippen LogP contribution >= 0.6 is 0 Å². The molecule has 4 rings (SSSR count). The van der Waals surface area contributed by atoms with Crippen molar-refractivity contribution in [2.75, 3.05) is 14.2 Å². The molecule has 1 aromatic carbocycles. The van der Waals surface area contributed by atoms with Gasteiger partial charge in [-0.05, 0) is 77.6 Å². The largest absolute Gasteiger partial charge is 0.443 e. The predicted octanol–water partition coefficient (Wildman–Crippen LogP) is 5.52. The summed E-state index contributed by atoms with van der Waals surface area (Å²) in [6, 6.07) is 3.99. The summed E-state index contributed by atoms with van der Waals surface area (Å²) < 4.78 is 12.9. The van der Waals surface area contributed by atoms with Gasteiger partial charge in [0, 0.05) is 18.5 Å². The van der Waals surface area contributed by atoms with Gasteiger partial charge in [0.25, 0.3) is 0 Å². The number of hydroxylamine groups is 2. The molecule has 3 aromatic rings. The first kappa shape index (κ1) is 22.5. The minimum absolute atomic E-state index is 0.100. The molecular weight excluding hydrogens is 408 g/mol. The molecule has 1 unspecified atom stereocenters. The molecule has 2 heterocycles. The highest BCUT2D eigenvalue weighted by atomic mass is 16.7. The van der Waals surface area contributed by atoms with Gasteiger partial charge in [-0.3, -0.25) is 0 Å². The summed E-state index contributed by atoms with van der Waals surface area (Å²) in [7, 11) is 3.52. The number of hydrogen-bond acceptors (Lipinski definition) is 7. The third-order valence-electron chi connectivity index (χ3n) is 5.94. The van der Waals surface area contributed by atoms with Gasteiger partial charge in [-0.25, -0.2) is 14.3 Å². The lowest BCUT2D eigenvalue weighted by Crippen LogP contribution is -2.28. The van der Waals surface area contributed by atoms with Crippen molar-refractivity contribution in [1.29, 1.82) is 0 Å². The van der Waals surface area contributed by atoms with E-state index in [0.29, 0.717) is 0 Å². The molecular formula is C24H32N4O4. The number of nitrogens with zero attached hydrogens (tertiary/aromatic N) is 4. The highest BCUT2D eigenvalue weighted by Gasteiger charge is 2.35. The van der Waals surface area contributed by atoms with Crippen molar-refractivity contribution in [3.63, 3.8) is 0 Å². The van der Waals surface area contributed by atoms with E-state index in [0.717, 1.165) is 57.8 Å². The molecule has 0 saturated heterocycles. The van der Waals surface area contributed by atoms with E-state index in [2.05, 4.69) is 18.1 Å². The zero-order valence-corrected chi connectivity index (χ0v) is 20.1. The molecule has 172 valence electrons. The van der Waals surface area contributed by atoms with Crippen LogP contribution in [0, 0.1) is 13.8 Å². The summed E-state index contributed by atoms with van der Waals surface area (Å²) in [5.41, 5.74) is 4.50. The second-order valence-electron chi connectivity index (χ2n) is 9.60. The minimum Gasteiger partial charge on any atom is -0.443 e. The van der Waals surface area contributed by atoms with Crippen LogP contribution in [0.2, 0.25) is 0 Å². The smallest absolute Gasteiger partial charge is 0.420 e. The highest BCUT2D eigenvalue weighted by molar-refractivity contribution is 5.93. The fourth-order valence-electron chi connectivity index (χ4n) is 4.05. The molecule has 8 heteroatoms. The summed E-state index contributed by atoms with van der Waals surface area (Å²) >= 11 is 0. The summed E-state index contributed by atoms with van der Waals surface area (Å²) in [4.78, 5) is 23.8. The summed E-state index contributed by atoms with van der Waals surface area (Å²) in [5.74, 6) is 1.76. The van der Waals surface area contributed by atoms with Crippen LogP contribution in [0.3, 0.4) is 0 Å².